The zero-order valence-electron chi connectivity index (χ0n) is 21.9. The Morgan fingerprint density at radius 2 is 1.65 bits per heavy atom. The smallest absolute Gasteiger partial charge is 0.321 e. The van der Waals surface area contributed by atoms with Crippen molar-refractivity contribution in [1.29, 1.82) is 0 Å². The first-order chi connectivity index (χ1) is 19.4. The molecule has 0 amide bonds. The van der Waals surface area contributed by atoms with Crippen molar-refractivity contribution in [3.63, 3.8) is 0 Å². The topological polar surface area (TPSA) is 88.5 Å². The number of halogens is 1. The van der Waals surface area contributed by atoms with E-state index in [0.29, 0.717) is 29.4 Å². The van der Waals surface area contributed by atoms with Crippen LogP contribution >= 0.6 is 0 Å². The highest BCUT2D eigenvalue weighted by molar-refractivity contribution is 5.75. The highest BCUT2D eigenvalue weighted by Gasteiger charge is 2.41. The fourth-order valence-corrected chi connectivity index (χ4v) is 4.97. The standard InChI is InChI=1S/C32H30FNO6/c1-38-28-17-12-23-19-34(27(32(36)37)18-26(23)30(28)39-20-21-8-4-2-5-9-21)31(35)29(22-10-6-3-7-11-22)40-25-15-13-24(33)14-16-25/h2-17,27,29,31,35H,18-20H2,1H3,(H,36,37)/t27-,29-,31?/m1/s1. The molecule has 0 aliphatic carbocycles. The Bertz CT molecular complexity index is 1430. The van der Waals surface area contributed by atoms with Gasteiger partial charge in [0.25, 0.3) is 0 Å². The van der Waals surface area contributed by atoms with Gasteiger partial charge in [-0.3, -0.25) is 9.69 Å². The Morgan fingerprint density at radius 1 is 0.975 bits per heavy atom. The van der Waals surface area contributed by atoms with Crippen molar-refractivity contribution in [3.05, 3.63) is 125 Å². The lowest BCUT2D eigenvalue weighted by molar-refractivity contribution is -0.156. The highest BCUT2D eigenvalue weighted by Crippen LogP contribution is 2.40. The zero-order valence-corrected chi connectivity index (χ0v) is 21.9. The molecule has 8 heteroatoms. The van der Waals surface area contributed by atoms with Crippen molar-refractivity contribution in [3.8, 4) is 17.2 Å². The summed E-state index contributed by atoms with van der Waals surface area (Å²) in [6.45, 7) is 0.425. The molecule has 0 saturated carbocycles. The van der Waals surface area contributed by atoms with E-state index >= 15 is 0 Å². The van der Waals surface area contributed by atoms with Crippen LogP contribution in [0.4, 0.5) is 4.39 Å². The summed E-state index contributed by atoms with van der Waals surface area (Å²) in [4.78, 5) is 14.1. The van der Waals surface area contributed by atoms with Crippen LogP contribution in [-0.4, -0.2) is 40.5 Å². The average Bonchev–Trinajstić information content (AvgIpc) is 2.99. The number of hydrogen-bond acceptors (Lipinski definition) is 6. The fraction of sp³-hybridized carbons (Fsp3) is 0.219. The van der Waals surface area contributed by atoms with Gasteiger partial charge in [-0.05, 0) is 47.0 Å². The summed E-state index contributed by atoms with van der Waals surface area (Å²) in [6.07, 6.45) is -2.19. The van der Waals surface area contributed by atoms with E-state index in [1.165, 1.54) is 29.2 Å². The van der Waals surface area contributed by atoms with E-state index in [1.54, 1.807) is 25.3 Å². The number of aliphatic hydroxyl groups excluding tert-OH is 1. The van der Waals surface area contributed by atoms with Gasteiger partial charge in [0.15, 0.2) is 17.6 Å². The molecule has 0 radical (unpaired) electrons. The molecule has 2 N–H and O–H groups in total. The maximum atomic E-state index is 13.5. The molecule has 0 fully saturated rings. The summed E-state index contributed by atoms with van der Waals surface area (Å²) in [6, 6.07) is 26.8. The molecule has 5 rings (SSSR count). The number of carbonyl (C=O) groups is 1. The quantitative estimate of drug-likeness (QED) is 0.278. The van der Waals surface area contributed by atoms with Crippen LogP contribution in [0, 0.1) is 5.82 Å². The molecule has 1 heterocycles. The summed E-state index contributed by atoms with van der Waals surface area (Å²) in [5.74, 6) is -0.153. The molecule has 1 aliphatic heterocycles. The van der Waals surface area contributed by atoms with E-state index in [-0.39, 0.29) is 13.0 Å². The van der Waals surface area contributed by atoms with Crippen molar-refractivity contribution in [1.82, 2.24) is 4.90 Å². The number of rotatable bonds is 10. The Balaban J connectivity index is 1.48. The lowest BCUT2D eigenvalue weighted by Crippen LogP contribution is -2.53. The maximum Gasteiger partial charge on any atom is 0.321 e. The first kappa shape index (κ1) is 27.2. The van der Waals surface area contributed by atoms with Crippen LogP contribution < -0.4 is 14.2 Å². The van der Waals surface area contributed by atoms with E-state index in [9.17, 15) is 19.4 Å². The normalized spacial score (nSPS) is 16.4. The molecule has 0 spiro atoms. The van der Waals surface area contributed by atoms with Gasteiger partial charge in [-0.1, -0.05) is 66.7 Å². The second-order valence-electron chi connectivity index (χ2n) is 9.56. The average molecular weight is 544 g/mol. The number of methoxy groups -OCH3 is 1. The van der Waals surface area contributed by atoms with Gasteiger partial charge in [0, 0.05) is 18.5 Å². The van der Waals surface area contributed by atoms with Gasteiger partial charge in [0.1, 0.15) is 30.4 Å². The lowest BCUT2D eigenvalue weighted by Gasteiger charge is -2.40. The number of aliphatic hydroxyl groups is 1. The van der Waals surface area contributed by atoms with E-state index in [4.69, 9.17) is 14.2 Å². The molecule has 4 aromatic rings. The predicted octanol–water partition coefficient (Wildman–Crippen LogP) is 5.36. The van der Waals surface area contributed by atoms with Gasteiger partial charge in [0.05, 0.1) is 7.11 Å². The monoisotopic (exact) mass is 543 g/mol. The number of carboxylic acids is 1. The first-order valence-electron chi connectivity index (χ1n) is 12.9. The molecule has 0 aromatic heterocycles. The molecule has 0 bridgehead atoms. The van der Waals surface area contributed by atoms with Crippen molar-refractivity contribution in [2.24, 2.45) is 0 Å². The van der Waals surface area contributed by atoms with Crippen molar-refractivity contribution >= 4 is 5.97 Å². The van der Waals surface area contributed by atoms with Gasteiger partial charge >= 0.3 is 5.97 Å². The molecule has 40 heavy (non-hydrogen) atoms. The fourth-order valence-electron chi connectivity index (χ4n) is 4.97. The van der Waals surface area contributed by atoms with Crippen LogP contribution in [0.5, 0.6) is 17.2 Å². The zero-order chi connectivity index (χ0) is 28.1. The van der Waals surface area contributed by atoms with Crippen molar-refractivity contribution in [2.75, 3.05) is 7.11 Å². The van der Waals surface area contributed by atoms with Gasteiger partial charge in [-0.15, -0.1) is 0 Å². The third kappa shape index (κ3) is 5.93. The number of nitrogens with zero attached hydrogens (tertiary/aromatic N) is 1. The number of ether oxygens (including phenoxy) is 3. The Morgan fingerprint density at radius 3 is 2.30 bits per heavy atom. The first-order valence-corrected chi connectivity index (χ1v) is 12.9. The van der Waals surface area contributed by atoms with E-state index in [1.807, 2.05) is 54.6 Å². The SMILES string of the molecule is COc1ccc2c(c1OCc1ccccc1)C[C@H](C(=O)O)N(C(O)[C@H](Oc1ccc(F)cc1)c1ccccc1)C2. The Kier molecular flexibility index (Phi) is 8.28. The van der Waals surface area contributed by atoms with Crippen LogP contribution in [0.1, 0.15) is 28.4 Å². The van der Waals surface area contributed by atoms with E-state index in [2.05, 4.69) is 0 Å². The number of aliphatic carboxylic acids is 1. The maximum absolute atomic E-state index is 13.5. The molecule has 1 unspecified atom stereocenters. The van der Waals surface area contributed by atoms with Gasteiger partial charge in [-0.25, -0.2) is 4.39 Å². The molecule has 1 aliphatic rings. The minimum Gasteiger partial charge on any atom is -0.493 e. The third-order valence-electron chi connectivity index (χ3n) is 7.02. The summed E-state index contributed by atoms with van der Waals surface area (Å²) in [5, 5.41) is 22.0. The summed E-state index contributed by atoms with van der Waals surface area (Å²) < 4.78 is 31.4. The minimum absolute atomic E-state index is 0.0844. The molecular formula is C32H30FNO6. The number of carboxylic acid groups (broad SMARTS) is 1. The van der Waals surface area contributed by atoms with E-state index in [0.717, 1.165) is 16.7 Å². The van der Waals surface area contributed by atoms with Crippen LogP contribution in [-0.2, 0) is 24.4 Å². The Labute approximate surface area is 232 Å². The third-order valence-corrected chi connectivity index (χ3v) is 7.02. The van der Waals surface area contributed by atoms with Crippen LogP contribution in [0.2, 0.25) is 0 Å². The molecule has 3 atom stereocenters. The van der Waals surface area contributed by atoms with Crippen LogP contribution in [0.15, 0.2) is 97.1 Å². The number of benzene rings is 4. The second-order valence-corrected chi connectivity index (χ2v) is 9.56. The van der Waals surface area contributed by atoms with Gasteiger partial charge in [-0.2, -0.15) is 0 Å². The number of fused-ring (bicyclic) bond motifs is 1. The second kappa shape index (κ2) is 12.2. The lowest BCUT2D eigenvalue weighted by atomic mass is 9.91. The van der Waals surface area contributed by atoms with Crippen LogP contribution in [0.3, 0.4) is 0 Å². The molecule has 0 saturated heterocycles. The molecule has 206 valence electrons. The summed E-state index contributed by atoms with van der Waals surface area (Å²) >= 11 is 0. The van der Waals surface area contributed by atoms with Crippen molar-refractivity contribution < 1.29 is 33.6 Å². The minimum atomic E-state index is -1.34. The summed E-state index contributed by atoms with van der Waals surface area (Å²) in [5.41, 5.74) is 3.15. The predicted molar refractivity (Wildman–Crippen MR) is 147 cm³/mol. The van der Waals surface area contributed by atoms with Gasteiger partial charge in [0.2, 0.25) is 0 Å². The number of hydrogen-bond donors (Lipinski definition) is 2. The van der Waals surface area contributed by atoms with Gasteiger partial charge < -0.3 is 24.4 Å². The van der Waals surface area contributed by atoms with Crippen LogP contribution in [0.25, 0.3) is 0 Å². The molecule has 4 aromatic carbocycles. The molecule has 7 nitrogen and oxygen atoms in total. The van der Waals surface area contributed by atoms with Crippen molar-refractivity contribution in [2.45, 2.75) is 37.9 Å². The Hall–Kier alpha value is -4.40. The summed E-state index contributed by atoms with van der Waals surface area (Å²) in [7, 11) is 1.54. The molecular weight excluding hydrogens is 513 g/mol. The largest absolute Gasteiger partial charge is 0.493 e. The highest BCUT2D eigenvalue weighted by atomic mass is 19.1. The van der Waals surface area contributed by atoms with E-state index < -0.39 is 30.2 Å².